The Balaban J connectivity index is 2.77. The van der Waals surface area contributed by atoms with Crippen molar-refractivity contribution in [2.75, 3.05) is 0 Å². The molecule has 0 aliphatic carbocycles. The van der Waals surface area contributed by atoms with Crippen molar-refractivity contribution >= 4 is 11.9 Å². The lowest BCUT2D eigenvalue weighted by atomic mass is 10.1. The second-order valence-electron chi connectivity index (χ2n) is 3.91. The molecule has 0 radical (unpaired) electrons. The lowest BCUT2D eigenvalue weighted by molar-refractivity contribution is -0.137. The normalized spacial score (nSPS) is 11.8. The number of nitrogens with one attached hydrogen (secondary N) is 1. The van der Waals surface area contributed by atoms with Gasteiger partial charge in [-0.1, -0.05) is 6.92 Å². The highest BCUT2D eigenvalue weighted by atomic mass is 16.4. The third kappa shape index (κ3) is 3.97. The van der Waals surface area contributed by atoms with E-state index in [9.17, 15) is 19.8 Å². The zero-order valence-corrected chi connectivity index (χ0v) is 9.88. The maximum Gasteiger partial charge on any atom is 0.305 e. The van der Waals surface area contributed by atoms with Crippen molar-refractivity contribution in [2.45, 2.75) is 25.8 Å². The van der Waals surface area contributed by atoms with E-state index in [1.807, 2.05) is 0 Å². The molecule has 4 N–H and O–H groups in total. The van der Waals surface area contributed by atoms with Crippen LogP contribution < -0.4 is 5.32 Å². The summed E-state index contributed by atoms with van der Waals surface area (Å²) in [4.78, 5) is 22.3. The predicted octanol–water partition coefficient (Wildman–Crippen LogP) is 1.08. The van der Waals surface area contributed by atoms with E-state index in [0.29, 0.717) is 6.42 Å². The maximum absolute atomic E-state index is 11.8. The van der Waals surface area contributed by atoms with E-state index in [-0.39, 0.29) is 23.5 Å². The Morgan fingerprint density at radius 1 is 1.22 bits per heavy atom. The van der Waals surface area contributed by atoms with Gasteiger partial charge in [0.15, 0.2) is 0 Å². The molecule has 0 heterocycles. The van der Waals surface area contributed by atoms with Crippen molar-refractivity contribution in [1.29, 1.82) is 0 Å². The maximum atomic E-state index is 11.8. The summed E-state index contributed by atoms with van der Waals surface area (Å²) in [7, 11) is 0. The molecule has 0 fully saturated rings. The first-order valence-corrected chi connectivity index (χ1v) is 5.48. The quantitative estimate of drug-likeness (QED) is 0.628. The standard InChI is InChI=1S/C12H15NO5/c1-2-8(5-11(16)17)13-12(18)7-3-9(14)6-10(15)4-7/h3-4,6,8,14-15H,2,5H2,1H3,(H,13,18)(H,16,17). The molecular weight excluding hydrogens is 238 g/mol. The van der Waals surface area contributed by atoms with Crippen LogP contribution in [0.25, 0.3) is 0 Å². The third-order valence-electron chi connectivity index (χ3n) is 2.41. The summed E-state index contributed by atoms with van der Waals surface area (Å²) in [6, 6.07) is 3.01. The lowest BCUT2D eigenvalue weighted by Gasteiger charge is -2.14. The van der Waals surface area contributed by atoms with Gasteiger partial charge in [-0.3, -0.25) is 9.59 Å². The molecule has 0 aromatic heterocycles. The fourth-order valence-corrected chi connectivity index (χ4v) is 1.50. The second kappa shape index (κ2) is 5.90. The molecule has 0 aliphatic heterocycles. The molecule has 6 nitrogen and oxygen atoms in total. The number of rotatable bonds is 5. The van der Waals surface area contributed by atoms with Gasteiger partial charge in [0.05, 0.1) is 6.42 Å². The number of carboxylic acid groups (broad SMARTS) is 1. The van der Waals surface area contributed by atoms with Crippen LogP contribution in [0.1, 0.15) is 30.1 Å². The average molecular weight is 253 g/mol. The summed E-state index contributed by atoms with van der Waals surface area (Å²) in [6.45, 7) is 1.76. The first-order chi connectivity index (χ1) is 8.42. The molecule has 1 rings (SSSR count). The van der Waals surface area contributed by atoms with Crippen LogP contribution in [0.3, 0.4) is 0 Å². The number of aromatic hydroxyl groups is 2. The van der Waals surface area contributed by atoms with E-state index >= 15 is 0 Å². The van der Waals surface area contributed by atoms with Gasteiger partial charge in [-0.25, -0.2) is 0 Å². The number of phenols is 2. The molecule has 98 valence electrons. The summed E-state index contributed by atoms with van der Waals surface area (Å²) in [5.41, 5.74) is 0.0799. The molecule has 0 aliphatic rings. The Hall–Kier alpha value is -2.24. The molecule has 0 saturated carbocycles. The fourth-order valence-electron chi connectivity index (χ4n) is 1.50. The molecule has 0 bridgehead atoms. The van der Waals surface area contributed by atoms with Crippen molar-refractivity contribution in [3.63, 3.8) is 0 Å². The van der Waals surface area contributed by atoms with Crippen LogP contribution in [0, 0.1) is 0 Å². The van der Waals surface area contributed by atoms with E-state index in [4.69, 9.17) is 5.11 Å². The van der Waals surface area contributed by atoms with Crippen LogP contribution in [0.15, 0.2) is 18.2 Å². The van der Waals surface area contributed by atoms with Crippen LogP contribution in [-0.2, 0) is 4.79 Å². The second-order valence-corrected chi connectivity index (χ2v) is 3.91. The highest BCUT2D eigenvalue weighted by Crippen LogP contribution is 2.20. The van der Waals surface area contributed by atoms with Crippen LogP contribution in [0.5, 0.6) is 11.5 Å². The summed E-state index contributed by atoms with van der Waals surface area (Å²) in [5, 5.41) is 29.7. The number of phenolic OH excluding ortho intramolecular Hbond substituents is 2. The van der Waals surface area contributed by atoms with Gasteiger partial charge >= 0.3 is 5.97 Å². The van der Waals surface area contributed by atoms with Crippen LogP contribution in [-0.4, -0.2) is 33.2 Å². The minimum atomic E-state index is -0.999. The highest BCUT2D eigenvalue weighted by Gasteiger charge is 2.16. The smallest absolute Gasteiger partial charge is 0.305 e. The van der Waals surface area contributed by atoms with Gasteiger partial charge in [0.2, 0.25) is 0 Å². The van der Waals surface area contributed by atoms with Gasteiger partial charge < -0.3 is 20.6 Å². The minimum absolute atomic E-state index is 0.0799. The lowest BCUT2D eigenvalue weighted by Crippen LogP contribution is -2.35. The summed E-state index contributed by atoms with van der Waals surface area (Å²) in [6.07, 6.45) is 0.301. The molecule has 1 amide bonds. The van der Waals surface area contributed by atoms with E-state index in [1.54, 1.807) is 6.92 Å². The highest BCUT2D eigenvalue weighted by molar-refractivity contribution is 5.95. The van der Waals surface area contributed by atoms with E-state index < -0.39 is 17.9 Å². The monoisotopic (exact) mass is 253 g/mol. The first kappa shape index (κ1) is 13.8. The zero-order valence-electron chi connectivity index (χ0n) is 9.88. The average Bonchev–Trinajstić information content (AvgIpc) is 2.26. The van der Waals surface area contributed by atoms with Crippen LogP contribution >= 0.6 is 0 Å². The Bertz CT molecular complexity index is 438. The Labute approximate surface area is 104 Å². The number of amides is 1. The van der Waals surface area contributed by atoms with Crippen molar-refractivity contribution in [2.24, 2.45) is 0 Å². The molecule has 6 heteroatoms. The van der Waals surface area contributed by atoms with Gasteiger partial charge in [-0.15, -0.1) is 0 Å². The molecule has 18 heavy (non-hydrogen) atoms. The SMILES string of the molecule is CCC(CC(=O)O)NC(=O)c1cc(O)cc(O)c1. The van der Waals surface area contributed by atoms with Crippen molar-refractivity contribution in [1.82, 2.24) is 5.32 Å². The Kier molecular flexibility index (Phi) is 4.53. The topological polar surface area (TPSA) is 107 Å². The van der Waals surface area contributed by atoms with Crippen molar-refractivity contribution in [3.8, 4) is 11.5 Å². The third-order valence-corrected chi connectivity index (χ3v) is 2.41. The molecule has 0 spiro atoms. The minimum Gasteiger partial charge on any atom is -0.508 e. The van der Waals surface area contributed by atoms with Gasteiger partial charge in [-0.2, -0.15) is 0 Å². The molecule has 1 unspecified atom stereocenters. The Morgan fingerprint density at radius 2 is 1.78 bits per heavy atom. The van der Waals surface area contributed by atoms with E-state index in [0.717, 1.165) is 6.07 Å². The largest absolute Gasteiger partial charge is 0.508 e. The Morgan fingerprint density at radius 3 is 2.22 bits per heavy atom. The summed E-state index contributed by atoms with van der Waals surface area (Å²) in [5.74, 6) is -1.99. The number of hydrogen-bond donors (Lipinski definition) is 4. The molecule has 1 aromatic rings. The fraction of sp³-hybridized carbons (Fsp3) is 0.333. The summed E-state index contributed by atoms with van der Waals surface area (Å²) >= 11 is 0. The van der Waals surface area contributed by atoms with E-state index in [2.05, 4.69) is 5.32 Å². The first-order valence-electron chi connectivity index (χ1n) is 5.48. The zero-order chi connectivity index (χ0) is 13.7. The molecule has 1 aromatic carbocycles. The number of carbonyl (C=O) groups is 2. The molecule has 1 atom stereocenters. The van der Waals surface area contributed by atoms with Crippen molar-refractivity contribution in [3.05, 3.63) is 23.8 Å². The molecule has 0 saturated heterocycles. The van der Waals surface area contributed by atoms with E-state index in [1.165, 1.54) is 12.1 Å². The number of aliphatic carboxylic acids is 1. The van der Waals surface area contributed by atoms with Crippen molar-refractivity contribution < 1.29 is 24.9 Å². The number of carbonyl (C=O) groups excluding carboxylic acids is 1. The van der Waals surface area contributed by atoms with Crippen LogP contribution in [0.4, 0.5) is 0 Å². The number of benzene rings is 1. The van der Waals surface area contributed by atoms with Gasteiger partial charge in [-0.05, 0) is 18.6 Å². The summed E-state index contributed by atoms with van der Waals surface area (Å²) < 4.78 is 0. The number of hydrogen-bond acceptors (Lipinski definition) is 4. The predicted molar refractivity (Wildman–Crippen MR) is 63.6 cm³/mol. The van der Waals surface area contributed by atoms with Gasteiger partial charge in [0.1, 0.15) is 11.5 Å². The van der Waals surface area contributed by atoms with Gasteiger partial charge in [0.25, 0.3) is 5.91 Å². The molecular formula is C12H15NO5. The number of carboxylic acids is 1. The van der Waals surface area contributed by atoms with Gasteiger partial charge in [0, 0.05) is 17.7 Å². The van der Waals surface area contributed by atoms with Crippen LogP contribution in [0.2, 0.25) is 0 Å².